The average molecular weight is 323 g/mol. The molecule has 1 aromatic heterocycles. The molecule has 0 aliphatic rings. The fourth-order valence-corrected chi connectivity index (χ4v) is 1.80. The third kappa shape index (κ3) is 3.80. The molecule has 118 valence electrons. The van der Waals surface area contributed by atoms with Crippen LogP contribution in [0.2, 0.25) is 0 Å². The van der Waals surface area contributed by atoms with Crippen LogP contribution in [-0.4, -0.2) is 11.3 Å². The Balaban J connectivity index is 2.53. The summed E-state index contributed by atoms with van der Waals surface area (Å²) in [5.74, 6) is -0.663. The van der Waals surface area contributed by atoms with E-state index in [9.17, 15) is 31.1 Å². The van der Waals surface area contributed by atoms with Gasteiger partial charge in [-0.1, -0.05) is 12.1 Å². The Bertz CT molecular complexity index is 732. The molecule has 9 heteroatoms. The summed E-state index contributed by atoms with van der Waals surface area (Å²) in [6.07, 6.45) is -9.83. The van der Waals surface area contributed by atoms with Crippen molar-refractivity contribution in [2.75, 3.05) is 0 Å². The van der Waals surface area contributed by atoms with Gasteiger partial charge in [0.2, 0.25) is 5.56 Å². The van der Waals surface area contributed by atoms with Crippen LogP contribution in [0.1, 0.15) is 5.69 Å². The fraction of sp³-hybridized carbons (Fsp3) is 0.154. The lowest BCUT2D eigenvalue weighted by atomic mass is 10.0. The fourth-order valence-electron chi connectivity index (χ4n) is 1.80. The zero-order valence-corrected chi connectivity index (χ0v) is 10.5. The highest BCUT2D eigenvalue weighted by Gasteiger charge is 2.35. The van der Waals surface area contributed by atoms with E-state index in [2.05, 4.69) is 4.74 Å². The molecule has 0 bridgehead atoms. The van der Waals surface area contributed by atoms with Crippen LogP contribution >= 0.6 is 0 Å². The number of aromatic amines is 1. The second-order valence-electron chi connectivity index (χ2n) is 4.18. The van der Waals surface area contributed by atoms with Crippen molar-refractivity contribution >= 4 is 0 Å². The number of ether oxygens (including phenoxy) is 1. The van der Waals surface area contributed by atoms with Crippen LogP contribution in [0.4, 0.5) is 26.3 Å². The second kappa shape index (κ2) is 5.39. The van der Waals surface area contributed by atoms with Crippen LogP contribution in [0.3, 0.4) is 0 Å². The maximum absolute atomic E-state index is 12.9. The van der Waals surface area contributed by atoms with Crippen molar-refractivity contribution in [1.82, 2.24) is 4.98 Å². The lowest BCUT2D eigenvalue weighted by Crippen LogP contribution is -2.18. The van der Waals surface area contributed by atoms with E-state index in [1.54, 1.807) is 4.98 Å². The minimum absolute atomic E-state index is 0.176. The molecule has 0 spiro atoms. The van der Waals surface area contributed by atoms with E-state index in [1.165, 1.54) is 6.07 Å². The van der Waals surface area contributed by atoms with Gasteiger partial charge in [-0.25, -0.2) is 0 Å². The number of nitrogens with one attached hydrogen (secondary N) is 1. The van der Waals surface area contributed by atoms with Crippen LogP contribution < -0.4 is 10.3 Å². The molecule has 0 saturated heterocycles. The molecule has 1 N–H and O–H groups in total. The lowest BCUT2D eigenvalue weighted by Gasteiger charge is -2.14. The SMILES string of the molecule is O=c1ccc(-c2cccc(OC(F)(F)F)c2)c(C(F)(F)F)[nH]1. The number of H-pyrrole nitrogens is 1. The van der Waals surface area contributed by atoms with E-state index in [4.69, 9.17) is 0 Å². The number of benzene rings is 1. The molecule has 0 aliphatic carbocycles. The summed E-state index contributed by atoms with van der Waals surface area (Å²) >= 11 is 0. The van der Waals surface area contributed by atoms with Crippen molar-refractivity contribution in [2.24, 2.45) is 0 Å². The highest BCUT2D eigenvalue weighted by molar-refractivity contribution is 5.67. The predicted octanol–water partition coefficient (Wildman–Crippen LogP) is 3.96. The van der Waals surface area contributed by atoms with Gasteiger partial charge in [-0.15, -0.1) is 13.2 Å². The quantitative estimate of drug-likeness (QED) is 0.850. The molecule has 2 aromatic rings. The Labute approximate surface area is 119 Å². The minimum atomic E-state index is -4.96. The first-order chi connectivity index (χ1) is 10.1. The van der Waals surface area contributed by atoms with Crippen molar-refractivity contribution in [2.45, 2.75) is 12.5 Å². The first-order valence-corrected chi connectivity index (χ1v) is 5.73. The van der Waals surface area contributed by atoms with Crippen molar-refractivity contribution in [3.05, 3.63) is 52.4 Å². The molecule has 0 saturated carbocycles. The summed E-state index contributed by atoms with van der Waals surface area (Å²) in [6, 6.07) is 5.77. The normalized spacial score (nSPS) is 12.3. The maximum Gasteiger partial charge on any atom is 0.573 e. The average Bonchev–Trinajstić information content (AvgIpc) is 2.36. The zero-order chi connectivity index (χ0) is 16.5. The third-order valence-electron chi connectivity index (χ3n) is 2.58. The van der Waals surface area contributed by atoms with Crippen LogP contribution in [0.15, 0.2) is 41.2 Å². The number of rotatable bonds is 2. The monoisotopic (exact) mass is 323 g/mol. The molecule has 0 atom stereocenters. The first kappa shape index (κ1) is 15.9. The van der Waals surface area contributed by atoms with E-state index >= 15 is 0 Å². The summed E-state index contributed by atoms with van der Waals surface area (Å²) in [4.78, 5) is 12.7. The van der Waals surface area contributed by atoms with Crippen molar-refractivity contribution < 1.29 is 31.1 Å². The third-order valence-corrected chi connectivity index (χ3v) is 2.58. The van der Waals surface area contributed by atoms with E-state index in [0.717, 1.165) is 30.3 Å². The zero-order valence-electron chi connectivity index (χ0n) is 10.5. The van der Waals surface area contributed by atoms with E-state index in [0.29, 0.717) is 0 Å². The summed E-state index contributed by atoms with van der Waals surface area (Å²) in [7, 11) is 0. The molecular weight excluding hydrogens is 316 g/mol. The number of pyridine rings is 1. The van der Waals surface area contributed by atoms with Gasteiger partial charge >= 0.3 is 12.5 Å². The van der Waals surface area contributed by atoms with Gasteiger partial charge in [0.15, 0.2) is 0 Å². The Kier molecular flexibility index (Phi) is 3.90. The molecule has 1 heterocycles. The Morgan fingerprint density at radius 1 is 0.955 bits per heavy atom. The number of alkyl halides is 6. The van der Waals surface area contributed by atoms with Crippen molar-refractivity contribution in [1.29, 1.82) is 0 Å². The smallest absolute Gasteiger partial charge is 0.406 e. The summed E-state index contributed by atoms with van der Waals surface area (Å²) in [6.45, 7) is 0. The lowest BCUT2D eigenvalue weighted by molar-refractivity contribution is -0.274. The molecule has 0 amide bonds. The van der Waals surface area contributed by atoms with Gasteiger partial charge < -0.3 is 9.72 Å². The van der Waals surface area contributed by atoms with Gasteiger partial charge in [0.25, 0.3) is 0 Å². The molecule has 22 heavy (non-hydrogen) atoms. The van der Waals surface area contributed by atoms with E-state index < -0.39 is 35.1 Å². The standard InChI is InChI=1S/C13H7F6NO2/c14-12(15,16)11-9(4-5-10(21)20-11)7-2-1-3-8(6-7)22-13(17,18)19/h1-6H,(H,20,21). The molecule has 0 fully saturated rings. The highest BCUT2D eigenvalue weighted by atomic mass is 19.4. The number of aromatic nitrogens is 1. The molecular formula is C13H7F6NO2. The summed E-state index contributed by atoms with van der Waals surface area (Å²) in [5, 5.41) is 0. The van der Waals surface area contributed by atoms with Crippen molar-refractivity contribution in [3.63, 3.8) is 0 Å². The molecule has 0 aliphatic heterocycles. The molecule has 3 nitrogen and oxygen atoms in total. The van der Waals surface area contributed by atoms with Gasteiger partial charge in [0, 0.05) is 11.6 Å². The van der Waals surface area contributed by atoms with Crippen LogP contribution in [0.5, 0.6) is 5.75 Å². The number of halogens is 6. The Morgan fingerprint density at radius 2 is 1.64 bits per heavy atom. The Morgan fingerprint density at radius 3 is 2.23 bits per heavy atom. The van der Waals surface area contributed by atoms with E-state index in [-0.39, 0.29) is 5.56 Å². The molecule has 0 unspecified atom stereocenters. The number of hydrogen-bond acceptors (Lipinski definition) is 2. The molecule has 0 radical (unpaired) electrons. The van der Waals surface area contributed by atoms with Gasteiger partial charge in [-0.05, 0) is 23.8 Å². The van der Waals surface area contributed by atoms with Gasteiger partial charge in [-0.3, -0.25) is 4.79 Å². The van der Waals surface area contributed by atoms with Gasteiger partial charge in [0.05, 0.1) is 0 Å². The topological polar surface area (TPSA) is 42.1 Å². The number of hydrogen-bond donors (Lipinski definition) is 1. The van der Waals surface area contributed by atoms with Crippen LogP contribution in [0, 0.1) is 0 Å². The second-order valence-corrected chi connectivity index (χ2v) is 4.18. The van der Waals surface area contributed by atoms with Gasteiger partial charge in [0.1, 0.15) is 11.4 Å². The molecule has 1 aromatic carbocycles. The van der Waals surface area contributed by atoms with Crippen LogP contribution in [0.25, 0.3) is 11.1 Å². The highest BCUT2D eigenvalue weighted by Crippen LogP contribution is 2.36. The largest absolute Gasteiger partial charge is 0.573 e. The van der Waals surface area contributed by atoms with Crippen molar-refractivity contribution in [3.8, 4) is 16.9 Å². The first-order valence-electron chi connectivity index (χ1n) is 5.73. The maximum atomic E-state index is 12.9. The Hall–Kier alpha value is -2.45. The van der Waals surface area contributed by atoms with E-state index in [1.807, 2.05) is 0 Å². The summed E-state index contributed by atoms with van der Waals surface area (Å²) in [5.41, 5.74) is -2.95. The van der Waals surface area contributed by atoms with Crippen LogP contribution in [-0.2, 0) is 6.18 Å². The van der Waals surface area contributed by atoms with Gasteiger partial charge in [-0.2, -0.15) is 13.2 Å². The predicted molar refractivity (Wildman–Crippen MR) is 64.2 cm³/mol. The minimum Gasteiger partial charge on any atom is -0.406 e. The molecule has 2 rings (SSSR count). The summed E-state index contributed by atoms with van der Waals surface area (Å²) < 4.78 is 78.8.